The van der Waals surface area contributed by atoms with Crippen molar-refractivity contribution >= 4 is 34.3 Å². The predicted octanol–water partition coefficient (Wildman–Crippen LogP) is 4.80. The summed E-state index contributed by atoms with van der Waals surface area (Å²) in [5.41, 5.74) is 1.25. The Hall–Kier alpha value is -2.47. The van der Waals surface area contributed by atoms with Crippen molar-refractivity contribution in [3.05, 3.63) is 60.2 Å². The van der Waals surface area contributed by atoms with Crippen LogP contribution in [0.15, 0.2) is 53.6 Å². The molecular weight excluding hydrogens is 349 g/mol. The maximum atomic E-state index is 12.9. The molecular formula is C20H20FN3OS. The van der Waals surface area contributed by atoms with Gasteiger partial charge in [0, 0.05) is 16.5 Å². The van der Waals surface area contributed by atoms with Gasteiger partial charge in [0.1, 0.15) is 16.7 Å². The average molecular weight is 369 g/mol. The van der Waals surface area contributed by atoms with Crippen molar-refractivity contribution in [1.29, 1.82) is 0 Å². The highest BCUT2D eigenvalue weighted by Gasteiger charge is 2.20. The van der Waals surface area contributed by atoms with Crippen LogP contribution in [0.4, 0.5) is 10.1 Å². The number of nitrogens with zero attached hydrogens (tertiary/aromatic N) is 2. The van der Waals surface area contributed by atoms with Crippen LogP contribution in [0.5, 0.6) is 0 Å². The smallest absolute Gasteiger partial charge is 0.234 e. The molecule has 3 aromatic rings. The van der Waals surface area contributed by atoms with Gasteiger partial charge in [-0.2, -0.15) is 0 Å². The first kappa shape index (κ1) is 18.3. The zero-order chi connectivity index (χ0) is 18.7. The Morgan fingerprint density at radius 1 is 1.08 bits per heavy atom. The molecule has 0 spiro atoms. The third kappa shape index (κ3) is 4.38. The Morgan fingerprint density at radius 3 is 2.46 bits per heavy atom. The predicted molar refractivity (Wildman–Crippen MR) is 104 cm³/mol. The minimum absolute atomic E-state index is 0.165. The number of fused-ring (bicyclic) bond motifs is 1. The van der Waals surface area contributed by atoms with Gasteiger partial charge in [0.25, 0.3) is 0 Å². The van der Waals surface area contributed by atoms with Gasteiger partial charge in [0.2, 0.25) is 5.91 Å². The molecule has 0 atom stereocenters. The van der Waals surface area contributed by atoms with Crippen molar-refractivity contribution in [2.75, 3.05) is 11.1 Å². The number of hydrogen-bond acceptors (Lipinski definition) is 4. The van der Waals surface area contributed by atoms with Gasteiger partial charge in [0.15, 0.2) is 0 Å². The van der Waals surface area contributed by atoms with E-state index in [1.165, 1.54) is 36.0 Å². The number of rotatable bonds is 4. The van der Waals surface area contributed by atoms with E-state index >= 15 is 0 Å². The Labute approximate surface area is 156 Å². The minimum Gasteiger partial charge on any atom is -0.325 e. The molecule has 4 nitrogen and oxygen atoms in total. The van der Waals surface area contributed by atoms with Crippen molar-refractivity contribution in [2.24, 2.45) is 0 Å². The highest BCUT2D eigenvalue weighted by Crippen LogP contribution is 2.29. The molecule has 0 aliphatic carbocycles. The Morgan fingerprint density at radius 2 is 1.77 bits per heavy atom. The second kappa shape index (κ2) is 7.41. The van der Waals surface area contributed by atoms with E-state index in [4.69, 9.17) is 0 Å². The summed E-state index contributed by atoms with van der Waals surface area (Å²) in [6.07, 6.45) is 0. The molecule has 0 bridgehead atoms. The number of thioether (sulfide) groups is 1. The molecule has 0 aliphatic heterocycles. The lowest BCUT2D eigenvalue weighted by Gasteiger charge is -2.18. The van der Waals surface area contributed by atoms with Crippen LogP contribution < -0.4 is 5.32 Å². The summed E-state index contributed by atoms with van der Waals surface area (Å²) in [7, 11) is 0. The maximum absolute atomic E-state index is 12.9. The van der Waals surface area contributed by atoms with Crippen molar-refractivity contribution in [3.63, 3.8) is 0 Å². The summed E-state index contributed by atoms with van der Waals surface area (Å²) in [5, 5.41) is 4.48. The number of benzene rings is 2. The second-order valence-electron chi connectivity index (χ2n) is 6.96. The van der Waals surface area contributed by atoms with Crippen LogP contribution in [-0.4, -0.2) is 21.6 Å². The Bertz CT molecular complexity index is 936. The minimum atomic E-state index is -0.334. The third-order valence-corrected chi connectivity index (χ3v) is 4.70. The monoisotopic (exact) mass is 369 g/mol. The van der Waals surface area contributed by atoms with E-state index in [9.17, 15) is 9.18 Å². The molecule has 1 amide bonds. The summed E-state index contributed by atoms with van der Waals surface area (Å²) in [6.45, 7) is 6.19. The molecule has 0 radical (unpaired) electrons. The van der Waals surface area contributed by atoms with Gasteiger partial charge >= 0.3 is 0 Å². The number of carbonyl (C=O) groups is 1. The van der Waals surface area contributed by atoms with E-state index in [1.807, 2.05) is 24.3 Å². The number of anilines is 1. The summed E-state index contributed by atoms with van der Waals surface area (Å²) in [5.74, 6) is 0.459. The van der Waals surface area contributed by atoms with Crippen LogP contribution in [0.25, 0.3) is 10.9 Å². The van der Waals surface area contributed by atoms with Crippen LogP contribution in [0.3, 0.4) is 0 Å². The number of nitrogens with one attached hydrogen (secondary N) is 1. The van der Waals surface area contributed by atoms with E-state index in [2.05, 4.69) is 36.1 Å². The number of para-hydroxylation sites is 1. The number of carbonyl (C=O) groups excluding carboxylic acids is 1. The van der Waals surface area contributed by atoms with E-state index < -0.39 is 0 Å². The quantitative estimate of drug-likeness (QED) is 0.530. The summed E-state index contributed by atoms with van der Waals surface area (Å²) in [4.78, 5) is 21.6. The van der Waals surface area contributed by atoms with Gasteiger partial charge in [-0.15, -0.1) is 0 Å². The van der Waals surface area contributed by atoms with E-state index in [-0.39, 0.29) is 22.9 Å². The van der Waals surface area contributed by atoms with E-state index in [1.54, 1.807) is 0 Å². The normalized spacial score (nSPS) is 11.5. The fourth-order valence-corrected chi connectivity index (χ4v) is 3.18. The van der Waals surface area contributed by atoms with Gasteiger partial charge in [-0.1, -0.05) is 50.7 Å². The lowest BCUT2D eigenvalue weighted by atomic mass is 9.95. The number of hydrogen-bond donors (Lipinski definition) is 1. The lowest BCUT2D eigenvalue weighted by Crippen LogP contribution is -2.17. The molecule has 134 valence electrons. The molecule has 1 aromatic heterocycles. The molecule has 3 rings (SSSR count). The molecule has 0 fully saturated rings. The lowest BCUT2D eigenvalue weighted by molar-refractivity contribution is -0.113. The first-order chi connectivity index (χ1) is 12.3. The van der Waals surface area contributed by atoms with Crippen LogP contribution in [0.1, 0.15) is 26.6 Å². The molecule has 2 aromatic carbocycles. The fourth-order valence-electron chi connectivity index (χ4n) is 2.36. The zero-order valence-corrected chi connectivity index (χ0v) is 15.7. The van der Waals surface area contributed by atoms with E-state index in [0.29, 0.717) is 5.69 Å². The zero-order valence-electron chi connectivity index (χ0n) is 14.9. The summed E-state index contributed by atoms with van der Waals surface area (Å²) < 4.78 is 12.9. The first-order valence-corrected chi connectivity index (χ1v) is 9.27. The standard InChI is InChI=1S/C20H20FN3OS/c1-20(2,3)19-23-16-7-5-4-6-15(16)18(24-19)26-12-17(25)22-14-10-8-13(21)9-11-14/h4-11H,12H2,1-3H3,(H,22,25). The Balaban J connectivity index is 1.79. The molecule has 0 aliphatic rings. The highest BCUT2D eigenvalue weighted by atomic mass is 32.2. The second-order valence-corrected chi connectivity index (χ2v) is 7.93. The SMILES string of the molecule is CC(C)(C)c1nc(SCC(=O)Nc2ccc(F)cc2)c2ccccc2n1. The third-order valence-electron chi connectivity index (χ3n) is 3.71. The molecule has 0 saturated carbocycles. The molecule has 0 saturated heterocycles. The summed E-state index contributed by atoms with van der Waals surface area (Å²) in [6, 6.07) is 13.5. The molecule has 1 heterocycles. The largest absolute Gasteiger partial charge is 0.325 e. The van der Waals surface area contributed by atoms with Gasteiger partial charge < -0.3 is 5.32 Å². The van der Waals surface area contributed by atoms with Crippen molar-refractivity contribution < 1.29 is 9.18 Å². The Kier molecular flexibility index (Phi) is 5.23. The van der Waals surface area contributed by atoms with Crippen LogP contribution in [0, 0.1) is 5.82 Å². The number of aromatic nitrogens is 2. The highest BCUT2D eigenvalue weighted by molar-refractivity contribution is 8.00. The molecule has 26 heavy (non-hydrogen) atoms. The van der Waals surface area contributed by atoms with Gasteiger partial charge in [-0.25, -0.2) is 14.4 Å². The number of amides is 1. The summed E-state index contributed by atoms with van der Waals surface area (Å²) >= 11 is 1.37. The maximum Gasteiger partial charge on any atom is 0.234 e. The van der Waals surface area contributed by atoms with Crippen LogP contribution in [0.2, 0.25) is 0 Å². The molecule has 1 N–H and O–H groups in total. The van der Waals surface area contributed by atoms with E-state index in [0.717, 1.165) is 21.8 Å². The van der Waals surface area contributed by atoms with Crippen molar-refractivity contribution in [3.8, 4) is 0 Å². The van der Waals surface area contributed by atoms with Crippen LogP contribution in [-0.2, 0) is 10.2 Å². The van der Waals surface area contributed by atoms with Crippen molar-refractivity contribution in [2.45, 2.75) is 31.2 Å². The first-order valence-electron chi connectivity index (χ1n) is 8.28. The van der Waals surface area contributed by atoms with Gasteiger partial charge in [0.05, 0.1) is 11.3 Å². The van der Waals surface area contributed by atoms with Gasteiger partial charge in [-0.3, -0.25) is 4.79 Å². The average Bonchev–Trinajstić information content (AvgIpc) is 2.60. The molecule has 6 heteroatoms. The van der Waals surface area contributed by atoms with Crippen molar-refractivity contribution in [1.82, 2.24) is 9.97 Å². The fraction of sp³-hybridized carbons (Fsp3) is 0.250. The molecule has 0 unspecified atom stereocenters. The van der Waals surface area contributed by atoms with Gasteiger partial charge in [-0.05, 0) is 30.3 Å². The van der Waals surface area contributed by atoms with Crippen LogP contribution >= 0.6 is 11.8 Å². The number of halogens is 1. The topological polar surface area (TPSA) is 54.9 Å².